The van der Waals surface area contributed by atoms with Gasteiger partial charge in [0, 0.05) is 36.2 Å². The number of nitrogens with one attached hydrogen (secondary N) is 1. The Morgan fingerprint density at radius 3 is 2.80 bits per heavy atom. The van der Waals surface area contributed by atoms with Gasteiger partial charge in [0.25, 0.3) is 5.89 Å². The van der Waals surface area contributed by atoms with Gasteiger partial charge in [-0.3, -0.25) is 9.89 Å². The van der Waals surface area contributed by atoms with Gasteiger partial charge in [0.15, 0.2) is 11.5 Å². The van der Waals surface area contributed by atoms with E-state index in [2.05, 4.69) is 20.3 Å². The molecular formula is C18H17N5O2. The molecule has 0 spiro atoms. The molecule has 2 fully saturated rings. The summed E-state index contributed by atoms with van der Waals surface area (Å²) in [5, 5.41) is 11.4. The molecular weight excluding hydrogens is 318 g/mol. The number of carbonyl (C=O) groups excluding carboxylic acids is 1. The number of hydrogen-bond donors (Lipinski definition) is 1. The molecule has 3 aromatic rings. The van der Waals surface area contributed by atoms with Crippen molar-refractivity contribution >= 4 is 11.6 Å². The molecule has 1 saturated carbocycles. The highest BCUT2D eigenvalue weighted by Gasteiger charge is 2.35. The third-order valence-corrected chi connectivity index (χ3v) is 4.83. The number of aromatic nitrogens is 4. The summed E-state index contributed by atoms with van der Waals surface area (Å²) in [4.78, 5) is 18.6. The van der Waals surface area contributed by atoms with E-state index in [1.807, 2.05) is 36.4 Å². The lowest BCUT2D eigenvalue weighted by Crippen LogP contribution is -2.24. The molecule has 0 bridgehead atoms. The number of para-hydroxylation sites is 1. The number of nitrogens with zero attached hydrogens (tertiary/aromatic N) is 4. The van der Waals surface area contributed by atoms with E-state index in [4.69, 9.17) is 4.52 Å². The van der Waals surface area contributed by atoms with Gasteiger partial charge >= 0.3 is 0 Å². The Morgan fingerprint density at radius 2 is 2.00 bits per heavy atom. The molecule has 1 N–H and O–H groups in total. The molecule has 25 heavy (non-hydrogen) atoms. The third-order valence-electron chi connectivity index (χ3n) is 4.83. The van der Waals surface area contributed by atoms with Crippen molar-refractivity contribution in [2.24, 2.45) is 0 Å². The normalized spacial score (nSPS) is 20.4. The van der Waals surface area contributed by atoms with E-state index in [0.717, 1.165) is 11.4 Å². The number of hydrogen-bond acceptors (Lipinski definition) is 5. The van der Waals surface area contributed by atoms with Crippen molar-refractivity contribution in [3.05, 3.63) is 47.9 Å². The van der Waals surface area contributed by atoms with Gasteiger partial charge < -0.3 is 9.42 Å². The van der Waals surface area contributed by atoms with E-state index in [1.54, 1.807) is 4.90 Å². The monoisotopic (exact) mass is 335 g/mol. The van der Waals surface area contributed by atoms with Crippen molar-refractivity contribution in [1.29, 1.82) is 0 Å². The Labute approximate surface area is 144 Å². The Bertz CT molecular complexity index is 912. The van der Waals surface area contributed by atoms with Crippen LogP contribution in [0.5, 0.6) is 0 Å². The maximum atomic E-state index is 12.3. The molecule has 1 unspecified atom stereocenters. The van der Waals surface area contributed by atoms with Crippen LogP contribution in [0.25, 0.3) is 11.6 Å². The Morgan fingerprint density at radius 1 is 1.16 bits per heavy atom. The number of anilines is 1. The van der Waals surface area contributed by atoms with Crippen LogP contribution in [0.3, 0.4) is 0 Å². The van der Waals surface area contributed by atoms with Gasteiger partial charge in [0.2, 0.25) is 5.91 Å². The van der Waals surface area contributed by atoms with Crippen LogP contribution in [0.4, 0.5) is 5.69 Å². The van der Waals surface area contributed by atoms with Gasteiger partial charge in [-0.05, 0) is 31.0 Å². The molecule has 1 atom stereocenters. The van der Waals surface area contributed by atoms with Gasteiger partial charge in [-0.15, -0.1) is 0 Å². The van der Waals surface area contributed by atoms with Crippen LogP contribution in [-0.4, -0.2) is 32.8 Å². The third kappa shape index (κ3) is 2.61. The van der Waals surface area contributed by atoms with Crippen molar-refractivity contribution in [2.45, 2.75) is 31.1 Å². The summed E-state index contributed by atoms with van der Waals surface area (Å²) in [6, 6.07) is 11.6. The topological polar surface area (TPSA) is 87.9 Å². The number of amides is 1. The summed E-state index contributed by atoms with van der Waals surface area (Å²) in [5.41, 5.74) is 2.70. The summed E-state index contributed by atoms with van der Waals surface area (Å²) in [6.07, 6.45) is 2.80. The maximum absolute atomic E-state index is 12.3. The van der Waals surface area contributed by atoms with Crippen molar-refractivity contribution < 1.29 is 9.32 Å². The lowest BCUT2D eigenvalue weighted by atomic mass is 10.1. The molecule has 5 rings (SSSR count). The zero-order chi connectivity index (χ0) is 16.8. The van der Waals surface area contributed by atoms with E-state index < -0.39 is 0 Å². The van der Waals surface area contributed by atoms with Crippen molar-refractivity contribution in [1.82, 2.24) is 20.3 Å². The number of benzene rings is 1. The molecule has 1 saturated heterocycles. The second kappa shape index (κ2) is 5.54. The smallest absolute Gasteiger partial charge is 0.278 e. The molecule has 7 heteroatoms. The summed E-state index contributed by atoms with van der Waals surface area (Å²) < 4.78 is 5.38. The minimum absolute atomic E-state index is 0.0629. The molecule has 126 valence electrons. The van der Waals surface area contributed by atoms with Crippen LogP contribution in [0.2, 0.25) is 0 Å². The van der Waals surface area contributed by atoms with Crippen LogP contribution in [0.15, 0.2) is 40.9 Å². The van der Waals surface area contributed by atoms with Crippen LogP contribution >= 0.6 is 0 Å². The van der Waals surface area contributed by atoms with Gasteiger partial charge in [-0.2, -0.15) is 10.1 Å². The molecule has 1 aromatic carbocycles. The number of rotatable bonds is 4. The highest BCUT2D eigenvalue weighted by Crippen LogP contribution is 2.40. The largest absolute Gasteiger partial charge is 0.332 e. The van der Waals surface area contributed by atoms with Crippen LogP contribution in [0, 0.1) is 0 Å². The SMILES string of the molecule is O=C1CC(c2noc(-c3cc(C4CC4)[nH]n3)n2)CN1c1ccccc1. The summed E-state index contributed by atoms with van der Waals surface area (Å²) >= 11 is 0. The average molecular weight is 335 g/mol. The second-order valence-electron chi connectivity index (χ2n) is 6.68. The lowest BCUT2D eigenvalue weighted by Gasteiger charge is -2.15. The maximum Gasteiger partial charge on any atom is 0.278 e. The van der Waals surface area contributed by atoms with Crippen molar-refractivity contribution in [2.75, 3.05) is 11.4 Å². The van der Waals surface area contributed by atoms with E-state index in [-0.39, 0.29) is 11.8 Å². The summed E-state index contributed by atoms with van der Waals surface area (Å²) in [5.74, 6) is 1.59. The molecule has 3 heterocycles. The van der Waals surface area contributed by atoms with Crippen molar-refractivity contribution in [3.8, 4) is 11.6 Å². The molecule has 0 radical (unpaired) electrons. The molecule has 2 aliphatic rings. The fourth-order valence-electron chi connectivity index (χ4n) is 3.29. The fraction of sp³-hybridized carbons (Fsp3) is 0.333. The Balaban J connectivity index is 1.36. The van der Waals surface area contributed by atoms with Gasteiger partial charge in [-0.25, -0.2) is 0 Å². The van der Waals surface area contributed by atoms with Crippen LogP contribution in [-0.2, 0) is 4.79 Å². The molecule has 1 aliphatic heterocycles. The van der Waals surface area contributed by atoms with E-state index in [0.29, 0.717) is 36.3 Å². The summed E-state index contributed by atoms with van der Waals surface area (Å²) in [6.45, 7) is 0.565. The van der Waals surface area contributed by atoms with Gasteiger partial charge in [0.1, 0.15) is 0 Å². The molecule has 7 nitrogen and oxygen atoms in total. The molecule has 2 aromatic heterocycles. The van der Waals surface area contributed by atoms with Crippen molar-refractivity contribution in [3.63, 3.8) is 0 Å². The molecule has 1 amide bonds. The first-order chi connectivity index (χ1) is 12.3. The zero-order valence-electron chi connectivity index (χ0n) is 13.6. The average Bonchev–Trinajstić information content (AvgIpc) is 3.04. The number of aromatic amines is 1. The Hall–Kier alpha value is -2.96. The quantitative estimate of drug-likeness (QED) is 0.792. The summed E-state index contributed by atoms with van der Waals surface area (Å²) in [7, 11) is 0. The number of H-pyrrole nitrogens is 1. The standard InChI is InChI=1S/C18H17N5O2/c24-16-8-12(10-23(16)13-4-2-1-3-5-13)17-19-18(25-22-17)15-9-14(20-21-15)11-6-7-11/h1-5,9,11-12H,6-8,10H2,(H,20,21). The number of carbonyl (C=O) groups is 1. The minimum Gasteiger partial charge on any atom is -0.332 e. The highest BCUT2D eigenvalue weighted by molar-refractivity contribution is 5.96. The predicted molar refractivity (Wildman–Crippen MR) is 90.0 cm³/mol. The van der Waals surface area contributed by atoms with Crippen LogP contribution in [0.1, 0.15) is 42.6 Å². The first kappa shape index (κ1) is 14.4. The first-order valence-electron chi connectivity index (χ1n) is 8.52. The fourth-order valence-corrected chi connectivity index (χ4v) is 3.29. The van der Waals surface area contributed by atoms with Crippen LogP contribution < -0.4 is 4.90 Å². The molecule has 1 aliphatic carbocycles. The minimum atomic E-state index is -0.0629. The van der Waals surface area contributed by atoms with E-state index in [9.17, 15) is 4.79 Å². The highest BCUT2D eigenvalue weighted by atomic mass is 16.5. The van der Waals surface area contributed by atoms with Gasteiger partial charge in [-0.1, -0.05) is 23.4 Å². The Kier molecular flexibility index (Phi) is 3.19. The van der Waals surface area contributed by atoms with Gasteiger partial charge in [0.05, 0.1) is 0 Å². The first-order valence-corrected chi connectivity index (χ1v) is 8.52. The zero-order valence-corrected chi connectivity index (χ0v) is 13.6. The lowest BCUT2D eigenvalue weighted by molar-refractivity contribution is -0.117. The predicted octanol–water partition coefficient (Wildman–Crippen LogP) is 2.86. The second-order valence-corrected chi connectivity index (χ2v) is 6.68. The van der Waals surface area contributed by atoms with E-state index in [1.165, 1.54) is 12.8 Å². The van der Waals surface area contributed by atoms with E-state index >= 15 is 0 Å².